The number of sulfonamides is 1. The molecule has 1 N–H and O–H groups in total. The van der Waals surface area contributed by atoms with Gasteiger partial charge < -0.3 is 10.1 Å². The third kappa shape index (κ3) is 5.32. The van der Waals surface area contributed by atoms with Gasteiger partial charge in [0, 0.05) is 37.9 Å². The van der Waals surface area contributed by atoms with Crippen molar-refractivity contribution in [3.63, 3.8) is 0 Å². The molecule has 1 fully saturated rings. The molecule has 2 aromatic carbocycles. The molecule has 11 heteroatoms. The topological polar surface area (TPSA) is 122 Å². The van der Waals surface area contributed by atoms with Gasteiger partial charge in [-0.3, -0.25) is 19.8 Å². The Kier molecular flexibility index (Phi) is 7.35. The number of rotatable bonds is 7. The first-order valence-electron chi connectivity index (χ1n) is 10.5. The van der Waals surface area contributed by atoms with E-state index in [9.17, 15) is 23.3 Å². The van der Waals surface area contributed by atoms with E-state index in [1.54, 1.807) is 6.92 Å². The molecule has 0 spiro atoms. The van der Waals surface area contributed by atoms with Crippen LogP contribution in [0.5, 0.6) is 5.75 Å². The molecule has 10 nitrogen and oxygen atoms in total. The first-order valence-corrected chi connectivity index (χ1v) is 11.9. The Morgan fingerprint density at radius 2 is 1.79 bits per heavy atom. The van der Waals surface area contributed by atoms with E-state index < -0.39 is 26.7 Å². The number of nitro benzene ring substituents is 1. The van der Waals surface area contributed by atoms with Gasteiger partial charge in [0.2, 0.25) is 15.9 Å². The van der Waals surface area contributed by atoms with Crippen molar-refractivity contribution in [3.05, 3.63) is 57.6 Å². The SMILES string of the molecule is COc1ccc(S(=O)(=O)N2CCN(C(C)C(=O)Nc3ccc(C)cc3C)CC2)cc1[N+](=O)[O-]. The first kappa shape index (κ1) is 24.6. The lowest BCUT2D eigenvalue weighted by Gasteiger charge is -2.36. The van der Waals surface area contributed by atoms with E-state index in [0.29, 0.717) is 13.1 Å². The third-order valence-electron chi connectivity index (χ3n) is 5.82. The molecular weight excluding hydrogens is 448 g/mol. The summed E-state index contributed by atoms with van der Waals surface area (Å²) >= 11 is 0. The van der Waals surface area contributed by atoms with Gasteiger partial charge >= 0.3 is 5.69 Å². The van der Waals surface area contributed by atoms with Crippen LogP contribution in [0.25, 0.3) is 0 Å². The molecule has 1 unspecified atom stereocenters. The van der Waals surface area contributed by atoms with Crippen LogP contribution in [-0.4, -0.2) is 67.8 Å². The minimum absolute atomic E-state index is 0.00702. The molecule has 3 rings (SSSR count). The maximum Gasteiger partial charge on any atom is 0.312 e. The molecule has 0 aromatic heterocycles. The van der Waals surface area contributed by atoms with Crippen LogP contribution in [0.2, 0.25) is 0 Å². The Bertz CT molecular complexity index is 1160. The van der Waals surface area contributed by atoms with Crippen LogP contribution in [0.3, 0.4) is 0 Å². The number of nitrogens with zero attached hydrogens (tertiary/aromatic N) is 3. The van der Waals surface area contributed by atoms with E-state index >= 15 is 0 Å². The monoisotopic (exact) mass is 476 g/mol. The van der Waals surface area contributed by atoms with Crippen LogP contribution in [0, 0.1) is 24.0 Å². The quantitative estimate of drug-likeness (QED) is 0.481. The minimum Gasteiger partial charge on any atom is -0.490 e. The molecule has 1 aliphatic rings. The molecular formula is C22H28N4O6S. The largest absolute Gasteiger partial charge is 0.490 e. The number of anilines is 1. The summed E-state index contributed by atoms with van der Waals surface area (Å²) in [5.41, 5.74) is 2.42. The van der Waals surface area contributed by atoms with Gasteiger partial charge in [-0.25, -0.2) is 8.42 Å². The zero-order chi connectivity index (χ0) is 24.3. The lowest BCUT2D eigenvalue weighted by molar-refractivity contribution is -0.386. The third-order valence-corrected chi connectivity index (χ3v) is 7.72. The zero-order valence-corrected chi connectivity index (χ0v) is 19.9. The number of hydrogen-bond acceptors (Lipinski definition) is 7. The van der Waals surface area contributed by atoms with E-state index in [1.807, 2.05) is 36.9 Å². The van der Waals surface area contributed by atoms with Gasteiger partial charge in [0.25, 0.3) is 0 Å². The number of amides is 1. The molecule has 178 valence electrons. The fourth-order valence-corrected chi connectivity index (χ4v) is 5.25. The number of nitrogens with one attached hydrogen (secondary N) is 1. The number of benzene rings is 2. The fraction of sp³-hybridized carbons (Fsp3) is 0.409. The molecule has 0 aliphatic carbocycles. The van der Waals surface area contributed by atoms with Crippen molar-refractivity contribution in [2.75, 3.05) is 38.6 Å². The van der Waals surface area contributed by atoms with E-state index in [-0.39, 0.29) is 29.6 Å². The summed E-state index contributed by atoms with van der Waals surface area (Å²) in [5.74, 6) is -0.170. The lowest BCUT2D eigenvalue weighted by atomic mass is 10.1. The Morgan fingerprint density at radius 3 is 2.36 bits per heavy atom. The highest BCUT2D eigenvalue weighted by molar-refractivity contribution is 7.89. The number of methoxy groups -OCH3 is 1. The smallest absolute Gasteiger partial charge is 0.312 e. The van der Waals surface area contributed by atoms with Crippen molar-refractivity contribution in [2.24, 2.45) is 0 Å². The van der Waals surface area contributed by atoms with Crippen molar-refractivity contribution < 1.29 is 22.9 Å². The van der Waals surface area contributed by atoms with Gasteiger partial charge in [-0.1, -0.05) is 17.7 Å². The fourth-order valence-electron chi connectivity index (χ4n) is 3.81. The number of carbonyl (C=O) groups excluding carboxylic acids is 1. The highest BCUT2D eigenvalue weighted by Crippen LogP contribution is 2.31. The number of nitro groups is 1. The van der Waals surface area contributed by atoms with Crippen LogP contribution >= 0.6 is 0 Å². The molecule has 1 aliphatic heterocycles. The van der Waals surface area contributed by atoms with Crippen LogP contribution < -0.4 is 10.1 Å². The predicted octanol–water partition coefficient (Wildman–Crippen LogP) is 2.55. The Balaban J connectivity index is 1.66. The number of hydrogen-bond donors (Lipinski definition) is 1. The number of ether oxygens (including phenoxy) is 1. The van der Waals surface area contributed by atoms with Crippen LogP contribution in [0.1, 0.15) is 18.1 Å². The summed E-state index contributed by atoms with van der Waals surface area (Å²) < 4.78 is 32.3. The van der Waals surface area contributed by atoms with Gasteiger partial charge in [-0.05, 0) is 44.5 Å². The van der Waals surface area contributed by atoms with Gasteiger partial charge in [-0.15, -0.1) is 0 Å². The first-order chi connectivity index (χ1) is 15.5. The molecule has 2 aromatic rings. The minimum atomic E-state index is -3.92. The van der Waals surface area contributed by atoms with Gasteiger partial charge in [0.05, 0.1) is 23.0 Å². The maximum absolute atomic E-state index is 13.0. The van der Waals surface area contributed by atoms with E-state index in [0.717, 1.165) is 22.9 Å². The van der Waals surface area contributed by atoms with Crippen LogP contribution in [0.4, 0.5) is 11.4 Å². The second-order valence-electron chi connectivity index (χ2n) is 8.01. The summed E-state index contributed by atoms with van der Waals surface area (Å²) in [6, 6.07) is 8.94. The Hall–Kier alpha value is -3.02. The van der Waals surface area contributed by atoms with E-state index in [2.05, 4.69) is 5.32 Å². The standard InChI is InChI=1S/C22H28N4O6S/c1-15-5-7-19(16(2)13-15)23-22(27)17(3)24-9-11-25(12-10-24)33(30,31)18-6-8-21(32-4)20(14-18)26(28)29/h5-8,13-14,17H,9-12H2,1-4H3,(H,23,27). The zero-order valence-electron chi connectivity index (χ0n) is 19.1. The van der Waals surface area contributed by atoms with Crippen molar-refractivity contribution in [2.45, 2.75) is 31.7 Å². The van der Waals surface area contributed by atoms with Crippen LogP contribution in [0.15, 0.2) is 41.3 Å². The second-order valence-corrected chi connectivity index (χ2v) is 9.95. The molecule has 1 heterocycles. The van der Waals surface area contributed by atoms with E-state index in [4.69, 9.17) is 4.74 Å². The summed E-state index contributed by atoms with van der Waals surface area (Å²) in [6.45, 7) is 6.76. The molecule has 1 atom stereocenters. The average molecular weight is 477 g/mol. The van der Waals surface area contributed by atoms with Gasteiger partial charge in [0.1, 0.15) is 0 Å². The number of aryl methyl sites for hydroxylation is 2. The Labute approximate surface area is 193 Å². The highest BCUT2D eigenvalue weighted by Gasteiger charge is 2.33. The number of piperazine rings is 1. The Morgan fingerprint density at radius 1 is 1.12 bits per heavy atom. The van der Waals surface area contributed by atoms with E-state index in [1.165, 1.54) is 23.5 Å². The molecule has 0 bridgehead atoms. The predicted molar refractivity (Wildman–Crippen MR) is 124 cm³/mol. The molecule has 1 amide bonds. The average Bonchev–Trinajstić information content (AvgIpc) is 2.79. The van der Waals surface area contributed by atoms with Gasteiger partial charge in [-0.2, -0.15) is 4.31 Å². The van der Waals surface area contributed by atoms with Crippen molar-refractivity contribution >= 4 is 27.3 Å². The highest BCUT2D eigenvalue weighted by atomic mass is 32.2. The van der Waals surface area contributed by atoms with Crippen LogP contribution in [-0.2, 0) is 14.8 Å². The summed E-state index contributed by atoms with van der Waals surface area (Å²) in [7, 11) is -2.64. The molecule has 1 saturated heterocycles. The van der Waals surface area contributed by atoms with Crippen molar-refractivity contribution in [1.82, 2.24) is 9.21 Å². The van der Waals surface area contributed by atoms with Crippen molar-refractivity contribution in [1.29, 1.82) is 0 Å². The number of carbonyl (C=O) groups is 1. The second kappa shape index (κ2) is 9.86. The van der Waals surface area contributed by atoms with Gasteiger partial charge in [0.15, 0.2) is 5.75 Å². The summed E-state index contributed by atoms with van der Waals surface area (Å²) in [6.07, 6.45) is 0. The molecule has 0 radical (unpaired) electrons. The normalized spacial score (nSPS) is 16.2. The van der Waals surface area contributed by atoms with Crippen molar-refractivity contribution in [3.8, 4) is 5.75 Å². The maximum atomic E-state index is 13.0. The molecule has 0 saturated carbocycles. The summed E-state index contributed by atoms with van der Waals surface area (Å²) in [4.78, 5) is 25.1. The lowest BCUT2D eigenvalue weighted by Crippen LogP contribution is -2.53. The molecule has 33 heavy (non-hydrogen) atoms. The summed E-state index contributed by atoms with van der Waals surface area (Å²) in [5, 5.41) is 14.2.